The molecule has 116 valence electrons. The van der Waals surface area contributed by atoms with E-state index < -0.39 is 25.1 Å². The summed E-state index contributed by atoms with van der Waals surface area (Å²) in [5.41, 5.74) is 0. The van der Waals surface area contributed by atoms with Crippen molar-refractivity contribution in [3.05, 3.63) is 12.4 Å². The monoisotopic (exact) mass is 323 g/mol. The molecule has 0 aromatic carbocycles. The molecule has 0 fully saturated rings. The third-order valence-corrected chi connectivity index (χ3v) is 6.98. The molecule has 0 aliphatic heterocycles. The molecule has 0 amide bonds. The average Bonchev–Trinajstić information content (AvgIpc) is 2.77. The van der Waals surface area contributed by atoms with E-state index in [4.69, 9.17) is 0 Å². The molecule has 0 aliphatic carbocycles. The first-order valence-corrected chi connectivity index (χ1v) is 9.39. The van der Waals surface area contributed by atoms with Crippen LogP contribution >= 0.6 is 0 Å². The predicted octanol–water partition coefficient (Wildman–Crippen LogP) is 0.347. The molecule has 20 heavy (non-hydrogen) atoms. The summed E-state index contributed by atoms with van der Waals surface area (Å²) in [7, 11) is -3.67. The number of aromatic nitrogens is 2. The minimum absolute atomic E-state index is 0.0697. The van der Waals surface area contributed by atoms with Crippen LogP contribution in [0.4, 0.5) is 0 Å². The van der Waals surface area contributed by atoms with Crippen molar-refractivity contribution in [3.8, 4) is 0 Å². The van der Waals surface area contributed by atoms with Gasteiger partial charge in [0, 0.05) is 26.8 Å². The van der Waals surface area contributed by atoms with E-state index in [1.807, 2.05) is 0 Å². The van der Waals surface area contributed by atoms with Gasteiger partial charge in [-0.1, -0.05) is 0 Å². The Labute approximate surface area is 120 Å². The lowest BCUT2D eigenvalue weighted by Crippen LogP contribution is -2.21. The van der Waals surface area contributed by atoms with Gasteiger partial charge in [0.05, 0.1) is 17.2 Å². The summed E-state index contributed by atoms with van der Waals surface area (Å²) >= 11 is 0. The minimum atomic E-state index is -3.49. The molecule has 0 saturated heterocycles. The van der Waals surface area contributed by atoms with Crippen LogP contribution in [0.15, 0.2) is 17.3 Å². The molecular formula is C11H21N3O4S2. The molecule has 9 heteroatoms. The second kappa shape index (κ2) is 6.23. The van der Waals surface area contributed by atoms with Crippen LogP contribution in [0.25, 0.3) is 0 Å². The van der Waals surface area contributed by atoms with Gasteiger partial charge in [-0.3, -0.25) is 4.68 Å². The summed E-state index contributed by atoms with van der Waals surface area (Å²) in [5, 5.41) is 3.55. The van der Waals surface area contributed by atoms with Crippen LogP contribution in [0.5, 0.6) is 0 Å². The fourth-order valence-corrected chi connectivity index (χ4v) is 3.33. The van der Waals surface area contributed by atoms with Crippen molar-refractivity contribution < 1.29 is 16.8 Å². The number of hydrogen-bond donors (Lipinski definition) is 0. The van der Waals surface area contributed by atoms with E-state index in [2.05, 4.69) is 5.10 Å². The number of hydrogen-bond acceptors (Lipinski definition) is 5. The quantitative estimate of drug-likeness (QED) is 0.722. The highest BCUT2D eigenvalue weighted by molar-refractivity contribution is 7.91. The number of sulfonamides is 1. The van der Waals surface area contributed by atoms with E-state index in [1.54, 1.807) is 13.8 Å². The molecule has 0 aliphatic rings. The van der Waals surface area contributed by atoms with Crippen molar-refractivity contribution in [2.45, 2.75) is 37.0 Å². The maximum Gasteiger partial charge on any atom is 0.245 e. The van der Waals surface area contributed by atoms with E-state index in [1.165, 1.54) is 31.2 Å². The second-order valence-electron chi connectivity index (χ2n) is 5.00. The molecule has 0 saturated carbocycles. The molecule has 1 heterocycles. The number of rotatable bonds is 7. The van der Waals surface area contributed by atoms with Crippen LogP contribution in [0.1, 0.15) is 20.3 Å². The van der Waals surface area contributed by atoms with E-state index in [0.29, 0.717) is 13.0 Å². The van der Waals surface area contributed by atoms with Gasteiger partial charge < -0.3 is 0 Å². The Kier molecular flexibility index (Phi) is 5.33. The Morgan fingerprint density at radius 3 is 2.35 bits per heavy atom. The van der Waals surface area contributed by atoms with Crippen molar-refractivity contribution in [2.24, 2.45) is 0 Å². The highest BCUT2D eigenvalue weighted by Gasteiger charge is 2.19. The minimum Gasteiger partial charge on any atom is -0.271 e. The zero-order valence-corrected chi connectivity index (χ0v) is 13.8. The Morgan fingerprint density at radius 1 is 1.25 bits per heavy atom. The fourth-order valence-electron chi connectivity index (χ4n) is 1.47. The smallest absolute Gasteiger partial charge is 0.245 e. The molecule has 7 nitrogen and oxygen atoms in total. The van der Waals surface area contributed by atoms with Crippen LogP contribution in [0.2, 0.25) is 0 Å². The van der Waals surface area contributed by atoms with Crippen molar-refractivity contribution >= 4 is 19.9 Å². The molecule has 1 rings (SSSR count). The van der Waals surface area contributed by atoms with Gasteiger partial charge in [0.2, 0.25) is 10.0 Å². The Hall–Kier alpha value is -0.930. The van der Waals surface area contributed by atoms with Gasteiger partial charge >= 0.3 is 0 Å². The van der Waals surface area contributed by atoms with Gasteiger partial charge in [-0.25, -0.2) is 21.1 Å². The molecular weight excluding hydrogens is 302 g/mol. The van der Waals surface area contributed by atoms with Crippen molar-refractivity contribution in [2.75, 3.05) is 19.8 Å². The summed E-state index contributed by atoms with van der Waals surface area (Å²) in [6.45, 7) is 3.66. The van der Waals surface area contributed by atoms with Crippen LogP contribution in [-0.2, 0) is 26.4 Å². The van der Waals surface area contributed by atoms with Gasteiger partial charge in [0.1, 0.15) is 4.90 Å². The van der Waals surface area contributed by atoms with E-state index in [9.17, 15) is 16.8 Å². The zero-order chi connectivity index (χ0) is 15.6. The maximum absolute atomic E-state index is 11.8. The van der Waals surface area contributed by atoms with Gasteiger partial charge in [0.25, 0.3) is 0 Å². The molecule has 0 unspecified atom stereocenters. The van der Waals surface area contributed by atoms with Crippen LogP contribution in [0.3, 0.4) is 0 Å². The maximum atomic E-state index is 11.8. The fraction of sp³-hybridized carbons (Fsp3) is 0.727. The zero-order valence-electron chi connectivity index (χ0n) is 12.1. The first-order chi connectivity index (χ1) is 9.07. The second-order valence-corrected chi connectivity index (χ2v) is 9.82. The van der Waals surface area contributed by atoms with Crippen molar-refractivity contribution in [1.82, 2.24) is 14.1 Å². The summed E-state index contributed by atoms with van der Waals surface area (Å²) in [4.78, 5) is 0.106. The molecule has 0 N–H and O–H groups in total. The number of sulfone groups is 1. The van der Waals surface area contributed by atoms with Gasteiger partial charge in [-0.2, -0.15) is 5.10 Å². The van der Waals surface area contributed by atoms with Crippen LogP contribution in [0, 0.1) is 0 Å². The average molecular weight is 323 g/mol. The highest BCUT2D eigenvalue weighted by Crippen LogP contribution is 2.12. The van der Waals surface area contributed by atoms with E-state index in [0.717, 1.165) is 4.31 Å². The van der Waals surface area contributed by atoms with E-state index >= 15 is 0 Å². The number of nitrogens with zero attached hydrogens (tertiary/aromatic N) is 3. The molecule has 0 radical (unpaired) electrons. The van der Waals surface area contributed by atoms with Crippen molar-refractivity contribution in [3.63, 3.8) is 0 Å². The number of aryl methyl sites for hydroxylation is 1. The summed E-state index contributed by atoms with van der Waals surface area (Å²) in [6, 6.07) is 0. The largest absolute Gasteiger partial charge is 0.271 e. The van der Waals surface area contributed by atoms with Gasteiger partial charge in [-0.05, 0) is 20.3 Å². The summed E-state index contributed by atoms with van der Waals surface area (Å²) < 4.78 is 49.5. The third-order valence-electron chi connectivity index (χ3n) is 2.92. The normalized spacial score (nSPS) is 13.3. The molecule has 1 aromatic rings. The lowest BCUT2D eigenvalue weighted by Gasteiger charge is -2.08. The van der Waals surface area contributed by atoms with Crippen molar-refractivity contribution in [1.29, 1.82) is 0 Å². The SMILES string of the molecule is CC(C)S(=O)(=O)CCCn1cc(S(=O)(=O)N(C)C)cn1. The van der Waals surface area contributed by atoms with Gasteiger partial charge in [-0.15, -0.1) is 0 Å². The van der Waals surface area contributed by atoms with Gasteiger partial charge in [0.15, 0.2) is 9.84 Å². The van der Waals surface area contributed by atoms with Crippen LogP contribution in [-0.4, -0.2) is 56.0 Å². The molecule has 0 atom stereocenters. The summed E-state index contributed by atoms with van der Waals surface area (Å²) in [6.07, 6.45) is 3.09. The Morgan fingerprint density at radius 2 is 1.85 bits per heavy atom. The highest BCUT2D eigenvalue weighted by atomic mass is 32.2. The van der Waals surface area contributed by atoms with Crippen LogP contribution < -0.4 is 0 Å². The molecule has 0 spiro atoms. The predicted molar refractivity (Wildman–Crippen MR) is 76.6 cm³/mol. The first-order valence-electron chi connectivity index (χ1n) is 6.24. The third kappa shape index (κ3) is 4.03. The lowest BCUT2D eigenvalue weighted by molar-refractivity contribution is 0.520. The molecule has 1 aromatic heterocycles. The lowest BCUT2D eigenvalue weighted by atomic mass is 10.5. The standard InChI is InChI=1S/C11H21N3O4S2/c1-10(2)19(15,16)7-5-6-14-9-11(8-12-14)20(17,18)13(3)4/h8-10H,5-7H2,1-4H3. The summed E-state index contributed by atoms with van der Waals surface area (Å²) in [5.74, 6) is 0.0697. The van der Waals surface area contributed by atoms with E-state index in [-0.39, 0.29) is 10.6 Å². The topological polar surface area (TPSA) is 89.3 Å². The molecule has 0 bridgehead atoms. The first kappa shape index (κ1) is 17.1. The Bertz CT molecular complexity index is 645. The Balaban J connectivity index is 2.67.